The zero-order chi connectivity index (χ0) is 21.2. The van der Waals surface area contributed by atoms with Gasteiger partial charge in [-0.05, 0) is 48.1 Å². The van der Waals surface area contributed by atoms with E-state index in [2.05, 4.69) is 32.1 Å². The number of ether oxygens (including phenoxy) is 2. The topological polar surface area (TPSA) is 88.7 Å². The van der Waals surface area contributed by atoms with Crippen molar-refractivity contribution in [3.05, 3.63) is 63.1 Å². The first-order chi connectivity index (χ1) is 13.9. The van der Waals surface area contributed by atoms with Gasteiger partial charge in [-0.25, -0.2) is 0 Å². The molecule has 0 heterocycles. The van der Waals surface area contributed by atoms with Crippen LogP contribution in [0.25, 0.3) is 0 Å². The van der Waals surface area contributed by atoms with Gasteiger partial charge < -0.3 is 9.47 Å². The van der Waals surface area contributed by atoms with E-state index in [9.17, 15) is 9.59 Å². The van der Waals surface area contributed by atoms with Crippen molar-refractivity contribution in [3.8, 4) is 5.75 Å². The molecule has 2 aromatic carbocycles. The number of thiocarbonyl (C=S) groups is 1. The molecule has 0 aliphatic carbocycles. The van der Waals surface area contributed by atoms with Crippen LogP contribution in [0.5, 0.6) is 5.75 Å². The number of carbonyl (C=O) groups is 2. The highest BCUT2D eigenvalue weighted by Gasteiger charge is 2.15. The van der Waals surface area contributed by atoms with Crippen molar-refractivity contribution in [1.29, 1.82) is 0 Å². The average Bonchev–Trinajstić information content (AvgIpc) is 2.69. The van der Waals surface area contributed by atoms with E-state index in [1.54, 1.807) is 49.6 Å². The van der Waals surface area contributed by atoms with Gasteiger partial charge in [-0.1, -0.05) is 39.7 Å². The van der Waals surface area contributed by atoms with Crippen molar-refractivity contribution in [3.63, 3.8) is 0 Å². The van der Waals surface area contributed by atoms with Crippen molar-refractivity contribution in [2.45, 2.75) is 6.42 Å². The fraction of sp³-hybridized carbons (Fsp3) is 0.211. The van der Waals surface area contributed by atoms with Crippen molar-refractivity contribution >= 4 is 56.7 Å². The normalized spacial score (nSPS) is 10.2. The van der Waals surface area contributed by atoms with Gasteiger partial charge in [-0.15, -0.1) is 0 Å². The number of benzene rings is 2. The molecule has 0 spiro atoms. The lowest BCUT2D eigenvalue weighted by Gasteiger charge is -2.14. The third kappa shape index (κ3) is 7.98. The predicted octanol–water partition coefficient (Wildman–Crippen LogP) is 3.01. The lowest BCUT2D eigenvalue weighted by molar-refractivity contribution is -0.121. The van der Waals surface area contributed by atoms with Gasteiger partial charge in [0.2, 0.25) is 5.91 Å². The van der Waals surface area contributed by atoms with E-state index in [1.807, 2.05) is 0 Å². The first-order valence-corrected chi connectivity index (χ1v) is 10.0. The highest BCUT2D eigenvalue weighted by molar-refractivity contribution is 9.10. The fourth-order valence-corrected chi connectivity index (χ4v) is 2.83. The Balaban J connectivity index is 1.88. The van der Waals surface area contributed by atoms with Gasteiger partial charge in [0.05, 0.1) is 18.6 Å². The third-order valence-corrected chi connectivity index (χ3v) is 4.50. The number of hydrogen-bond donors (Lipinski definition) is 3. The van der Waals surface area contributed by atoms with E-state index in [4.69, 9.17) is 33.3 Å². The maximum absolute atomic E-state index is 12.5. The van der Waals surface area contributed by atoms with Gasteiger partial charge in [0.25, 0.3) is 5.91 Å². The van der Waals surface area contributed by atoms with Gasteiger partial charge in [0.15, 0.2) is 5.11 Å². The molecule has 29 heavy (non-hydrogen) atoms. The monoisotopic (exact) mass is 499 g/mol. The van der Waals surface area contributed by atoms with Crippen molar-refractivity contribution in [1.82, 2.24) is 16.2 Å². The SMILES string of the molecule is COCCOc1ccc(Br)cc1C(=O)NC(=S)NNC(=O)Cc1ccc(Cl)cc1. The van der Waals surface area contributed by atoms with Crippen LogP contribution < -0.4 is 20.9 Å². The molecule has 10 heteroatoms. The van der Waals surface area contributed by atoms with Crippen LogP contribution in [0.2, 0.25) is 5.02 Å². The zero-order valence-electron chi connectivity index (χ0n) is 15.5. The van der Waals surface area contributed by atoms with Gasteiger partial charge in [-0.2, -0.15) is 0 Å². The minimum Gasteiger partial charge on any atom is -0.490 e. The minimum absolute atomic E-state index is 0.0535. The summed E-state index contributed by atoms with van der Waals surface area (Å²) in [6.07, 6.45) is 0.129. The number of hydrogen-bond acceptors (Lipinski definition) is 5. The molecule has 0 saturated heterocycles. The lowest BCUT2D eigenvalue weighted by Crippen LogP contribution is -2.48. The third-order valence-electron chi connectivity index (χ3n) is 3.55. The molecule has 2 aromatic rings. The van der Waals surface area contributed by atoms with Crippen LogP contribution in [0.4, 0.5) is 0 Å². The molecule has 0 aliphatic rings. The number of carbonyl (C=O) groups excluding carboxylic acids is 2. The summed E-state index contributed by atoms with van der Waals surface area (Å²) in [5.74, 6) is -0.421. The zero-order valence-corrected chi connectivity index (χ0v) is 18.6. The van der Waals surface area contributed by atoms with E-state index < -0.39 is 5.91 Å². The second kappa shape index (κ2) is 11.7. The van der Waals surface area contributed by atoms with Crippen LogP contribution in [0.3, 0.4) is 0 Å². The number of methoxy groups -OCH3 is 1. The Morgan fingerprint density at radius 2 is 1.83 bits per heavy atom. The fourth-order valence-electron chi connectivity index (χ4n) is 2.20. The van der Waals surface area contributed by atoms with Crippen molar-refractivity contribution in [2.75, 3.05) is 20.3 Å². The minimum atomic E-state index is -0.483. The van der Waals surface area contributed by atoms with Crippen molar-refractivity contribution in [2.24, 2.45) is 0 Å². The Hall–Kier alpha value is -2.20. The van der Waals surface area contributed by atoms with E-state index in [-0.39, 0.29) is 23.0 Å². The Labute approximate surface area is 187 Å². The van der Waals surface area contributed by atoms with Crippen LogP contribution in [-0.2, 0) is 16.0 Å². The Morgan fingerprint density at radius 3 is 2.52 bits per heavy atom. The Bertz CT molecular complexity index is 880. The lowest BCUT2D eigenvalue weighted by atomic mass is 10.1. The number of nitrogens with one attached hydrogen (secondary N) is 3. The predicted molar refractivity (Wildman–Crippen MR) is 118 cm³/mol. The summed E-state index contributed by atoms with van der Waals surface area (Å²) in [5, 5.41) is 3.04. The molecule has 0 radical (unpaired) electrons. The highest BCUT2D eigenvalue weighted by atomic mass is 79.9. The summed E-state index contributed by atoms with van der Waals surface area (Å²) >= 11 is 14.2. The number of hydrazine groups is 1. The molecule has 0 saturated carbocycles. The molecular weight excluding hydrogens is 482 g/mol. The first-order valence-electron chi connectivity index (χ1n) is 8.45. The Morgan fingerprint density at radius 1 is 1.10 bits per heavy atom. The molecule has 0 atom stereocenters. The van der Waals surface area contributed by atoms with Gasteiger partial charge in [-0.3, -0.25) is 25.8 Å². The molecule has 2 rings (SSSR count). The molecule has 0 fully saturated rings. The van der Waals surface area contributed by atoms with Gasteiger partial charge in [0.1, 0.15) is 12.4 Å². The summed E-state index contributed by atoms with van der Waals surface area (Å²) in [6, 6.07) is 11.9. The molecule has 0 bridgehead atoms. The van der Waals surface area contributed by atoms with Crippen LogP contribution in [0.15, 0.2) is 46.9 Å². The van der Waals surface area contributed by atoms with Gasteiger partial charge >= 0.3 is 0 Å². The quantitative estimate of drug-likeness (QED) is 0.308. The second-order valence-electron chi connectivity index (χ2n) is 5.74. The van der Waals surface area contributed by atoms with E-state index in [1.165, 1.54) is 0 Å². The highest BCUT2D eigenvalue weighted by Crippen LogP contribution is 2.23. The van der Waals surface area contributed by atoms with E-state index in [0.717, 1.165) is 5.56 Å². The maximum Gasteiger partial charge on any atom is 0.261 e. The largest absolute Gasteiger partial charge is 0.490 e. The molecule has 7 nitrogen and oxygen atoms in total. The molecule has 0 aliphatic heterocycles. The van der Waals surface area contributed by atoms with Crippen LogP contribution >= 0.6 is 39.7 Å². The maximum atomic E-state index is 12.5. The number of rotatable bonds is 7. The molecule has 0 aromatic heterocycles. The summed E-state index contributed by atoms with van der Waals surface area (Å²) < 4.78 is 11.2. The molecule has 0 unspecified atom stereocenters. The van der Waals surface area contributed by atoms with Gasteiger partial charge in [0, 0.05) is 16.6 Å². The molecular formula is C19H19BrClN3O4S. The van der Waals surface area contributed by atoms with E-state index >= 15 is 0 Å². The molecule has 2 amide bonds. The molecule has 154 valence electrons. The summed E-state index contributed by atoms with van der Waals surface area (Å²) in [5.41, 5.74) is 6.01. The average molecular weight is 501 g/mol. The summed E-state index contributed by atoms with van der Waals surface area (Å²) in [7, 11) is 1.56. The standard InChI is InChI=1S/C19H19BrClN3O4S/c1-27-8-9-28-16-7-4-13(20)11-15(16)18(26)22-19(29)24-23-17(25)10-12-2-5-14(21)6-3-12/h2-7,11H,8-10H2,1H3,(H,23,25)(H2,22,24,26,29). The van der Waals surface area contributed by atoms with Crippen molar-refractivity contribution < 1.29 is 19.1 Å². The summed E-state index contributed by atoms with van der Waals surface area (Å²) in [6.45, 7) is 0.679. The number of amides is 2. The molecule has 3 N–H and O–H groups in total. The Kier molecular flexibility index (Phi) is 9.33. The first kappa shape index (κ1) is 23.1. The van der Waals surface area contributed by atoms with Crippen LogP contribution in [-0.4, -0.2) is 37.3 Å². The summed E-state index contributed by atoms with van der Waals surface area (Å²) in [4.78, 5) is 24.5. The number of halogens is 2. The second-order valence-corrected chi connectivity index (χ2v) is 7.50. The van der Waals surface area contributed by atoms with Crippen LogP contribution in [0.1, 0.15) is 15.9 Å². The van der Waals surface area contributed by atoms with Crippen LogP contribution in [0, 0.1) is 0 Å². The van der Waals surface area contributed by atoms with E-state index in [0.29, 0.717) is 28.5 Å². The smallest absolute Gasteiger partial charge is 0.261 e.